The molecular weight excluding hydrogens is 418 g/mol. The fourth-order valence-electron chi connectivity index (χ4n) is 3.19. The second kappa shape index (κ2) is 9.34. The zero-order valence-corrected chi connectivity index (χ0v) is 18.2. The van der Waals surface area contributed by atoms with Gasteiger partial charge >= 0.3 is 0 Å². The molecule has 162 valence electrons. The van der Waals surface area contributed by atoms with Crippen LogP contribution in [0.4, 0.5) is 5.69 Å². The van der Waals surface area contributed by atoms with Gasteiger partial charge in [0.15, 0.2) is 17.3 Å². The van der Waals surface area contributed by atoms with E-state index in [0.29, 0.717) is 52.9 Å². The van der Waals surface area contributed by atoms with Gasteiger partial charge in [-0.05, 0) is 60.9 Å². The Hall–Kier alpha value is -3.13. The van der Waals surface area contributed by atoms with Crippen molar-refractivity contribution in [3.63, 3.8) is 0 Å². The molecule has 0 atom stereocenters. The van der Waals surface area contributed by atoms with E-state index in [-0.39, 0.29) is 5.91 Å². The van der Waals surface area contributed by atoms with E-state index in [4.69, 9.17) is 21.1 Å². The van der Waals surface area contributed by atoms with Gasteiger partial charge in [-0.3, -0.25) is 4.79 Å². The van der Waals surface area contributed by atoms with E-state index in [1.165, 1.54) is 0 Å². The standard InChI is InChI=1S/C22H24ClN5O3/c1-3-10-31-20-18(23)12-15(13-19(20)30-4-2)22(29)24-16-7-5-6-14(11-16)21-25-26-27-28(21)17-8-9-17/h5-7,11-13,17H,3-4,8-10H2,1-2H3,(H,24,29). The van der Waals surface area contributed by atoms with Gasteiger partial charge in [0.2, 0.25) is 0 Å². The van der Waals surface area contributed by atoms with Gasteiger partial charge in [-0.1, -0.05) is 30.7 Å². The van der Waals surface area contributed by atoms with Crippen LogP contribution in [0, 0.1) is 0 Å². The predicted molar refractivity (Wildman–Crippen MR) is 118 cm³/mol. The number of benzene rings is 2. The van der Waals surface area contributed by atoms with Gasteiger partial charge in [-0.25, -0.2) is 4.68 Å². The monoisotopic (exact) mass is 441 g/mol. The van der Waals surface area contributed by atoms with Crippen LogP contribution in [0.3, 0.4) is 0 Å². The Morgan fingerprint density at radius 2 is 2.06 bits per heavy atom. The molecule has 0 unspecified atom stereocenters. The van der Waals surface area contributed by atoms with Gasteiger partial charge in [0, 0.05) is 16.8 Å². The number of ether oxygens (including phenoxy) is 2. The van der Waals surface area contributed by atoms with Crippen LogP contribution in [0.25, 0.3) is 11.4 Å². The second-order valence-corrected chi connectivity index (χ2v) is 7.69. The summed E-state index contributed by atoms with van der Waals surface area (Å²) >= 11 is 6.39. The van der Waals surface area contributed by atoms with Gasteiger partial charge < -0.3 is 14.8 Å². The van der Waals surface area contributed by atoms with E-state index in [0.717, 1.165) is 24.8 Å². The van der Waals surface area contributed by atoms with Crippen molar-refractivity contribution in [2.24, 2.45) is 0 Å². The lowest BCUT2D eigenvalue weighted by atomic mass is 10.1. The Morgan fingerprint density at radius 1 is 1.23 bits per heavy atom. The summed E-state index contributed by atoms with van der Waals surface area (Å²) in [6.07, 6.45) is 3.00. The van der Waals surface area contributed by atoms with E-state index < -0.39 is 0 Å². The molecule has 0 radical (unpaired) electrons. The number of nitrogens with zero attached hydrogens (tertiary/aromatic N) is 4. The summed E-state index contributed by atoms with van der Waals surface area (Å²) in [5, 5.41) is 15.3. The highest BCUT2D eigenvalue weighted by molar-refractivity contribution is 6.32. The molecule has 4 rings (SSSR count). The van der Waals surface area contributed by atoms with Crippen molar-refractivity contribution in [1.82, 2.24) is 20.2 Å². The zero-order valence-electron chi connectivity index (χ0n) is 17.5. The van der Waals surface area contributed by atoms with Crippen LogP contribution in [-0.2, 0) is 0 Å². The molecule has 1 amide bonds. The fourth-order valence-corrected chi connectivity index (χ4v) is 3.46. The maximum absolute atomic E-state index is 12.9. The summed E-state index contributed by atoms with van der Waals surface area (Å²) < 4.78 is 13.2. The number of nitrogens with one attached hydrogen (secondary N) is 1. The molecule has 0 aliphatic heterocycles. The molecule has 1 N–H and O–H groups in total. The third-order valence-electron chi connectivity index (χ3n) is 4.79. The molecule has 3 aromatic rings. The van der Waals surface area contributed by atoms with Crippen molar-refractivity contribution < 1.29 is 14.3 Å². The largest absolute Gasteiger partial charge is 0.490 e. The van der Waals surface area contributed by atoms with Crippen LogP contribution in [0.1, 0.15) is 49.5 Å². The SMILES string of the molecule is CCCOc1c(Cl)cc(C(=O)Nc2cccc(-c3nnnn3C3CC3)c2)cc1OCC. The number of aromatic nitrogens is 4. The van der Waals surface area contributed by atoms with Gasteiger partial charge in [-0.2, -0.15) is 0 Å². The van der Waals surface area contributed by atoms with Gasteiger partial charge in [0.05, 0.1) is 24.3 Å². The summed E-state index contributed by atoms with van der Waals surface area (Å²) in [5.41, 5.74) is 1.85. The molecule has 1 saturated carbocycles. The number of carbonyl (C=O) groups is 1. The Morgan fingerprint density at radius 3 is 2.81 bits per heavy atom. The third-order valence-corrected chi connectivity index (χ3v) is 5.07. The van der Waals surface area contributed by atoms with Crippen LogP contribution in [0.15, 0.2) is 36.4 Å². The fraction of sp³-hybridized carbons (Fsp3) is 0.364. The first-order chi connectivity index (χ1) is 15.1. The quantitative estimate of drug-likeness (QED) is 0.514. The maximum Gasteiger partial charge on any atom is 0.255 e. The van der Waals surface area contributed by atoms with Gasteiger partial charge in [-0.15, -0.1) is 5.10 Å². The molecule has 31 heavy (non-hydrogen) atoms. The lowest BCUT2D eigenvalue weighted by Gasteiger charge is -2.15. The summed E-state index contributed by atoms with van der Waals surface area (Å²) in [5.74, 6) is 1.29. The molecule has 1 aliphatic carbocycles. The Bertz CT molecular complexity index is 1080. The summed E-state index contributed by atoms with van der Waals surface area (Å²) in [4.78, 5) is 12.9. The van der Waals surface area contributed by atoms with E-state index in [2.05, 4.69) is 20.8 Å². The summed E-state index contributed by atoms with van der Waals surface area (Å²) in [7, 11) is 0. The number of rotatable bonds is 9. The van der Waals surface area contributed by atoms with Crippen molar-refractivity contribution in [2.75, 3.05) is 18.5 Å². The minimum absolute atomic E-state index is 0.302. The average molecular weight is 442 g/mol. The van der Waals surface area contributed by atoms with E-state index >= 15 is 0 Å². The average Bonchev–Trinajstić information content (AvgIpc) is 3.49. The zero-order chi connectivity index (χ0) is 21.8. The molecule has 1 aromatic heterocycles. The highest BCUT2D eigenvalue weighted by Gasteiger charge is 2.28. The molecule has 1 fully saturated rings. The van der Waals surface area contributed by atoms with Crippen LogP contribution >= 0.6 is 11.6 Å². The molecule has 0 bridgehead atoms. The highest BCUT2D eigenvalue weighted by Crippen LogP contribution is 2.38. The lowest BCUT2D eigenvalue weighted by Crippen LogP contribution is -2.13. The molecular formula is C22H24ClN5O3. The van der Waals surface area contributed by atoms with Gasteiger partial charge in [0.1, 0.15) is 0 Å². The maximum atomic E-state index is 12.9. The highest BCUT2D eigenvalue weighted by atomic mass is 35.5. The molecule has 8 nitrogen and oxygen atoms in total. The van der Waals surface area contributed by atoms with Crippen LogP contribution in [0.5, 0.6) is 11.5 Å². The molecule has 2 aromatic carbocycles. The molecule has 0 saturated heterocycles. The van der Waals surface area contributed by atoms with Gasteiger partial charge in [0.25, 0.3) is 5.91 Å². The minimum atomic E-state index is -0.302. The van der Waals surface area contributed by atoms with E-state index in [1.54, 1.807) is 12.1 Å². The first-order valence-corrected chi connectivity index (χ1v) is 10.8. The Kier molecular flexibility index (Phi) is 6.36. The number of anilines is 1. The Balaban J connectivity index is 1.56. The van der Waals surface area contributed by atoms with Crippen molar-refractivity contribution in [2.45, 2.75) is 39.2 Å². The van der Waals surface area contributed by atoms with E-state index in [1.807, 2.05) is 42.8 Å². The molecule has 1 aliphatic rings. The van der Waals surface area contributed by atoms with Crippen LogP contribution in [0.2, 0.25) is 5.02 Å². The van der Waals surface area contributed by atoms with Crippen LogP contribution in [-0.4, -0.2) is 39.3 Å². The smallest absolute Gasteiger partial charge is 0.255 e. The number of hydrogen-bond donors (Lipinski definition) is 1. The van der Waals surface area contributed by atoms with Crippen LogP contribution < -0.4 is 14.8 Å². The second-order valence-electron chi connectivity index (χ2n) is 7.28. The van der Waals surface area contributed by atoms with E-state index in [9.17, 15) is 4.79 Å². The molecule has 9 heteroatoms. The number of amides is 1. The first kappa shape index (κ1) is 21.1. The van der Waals surface area contributed by atoms with Crippen molar-refractivity contribution in [1.29, 1.82) is 0 Å². The third kappa shape index (κ3) is 4.80. The lowest BCUT2D eigenvalue weighted by molar-refractivity contribution is 0.102. The van der Waals surface area contributed by atoms with Crippen molar-refractivity contribution >= 4 is 23.2 Å². The summed E-state index contributed by atoms with van der Waals surface area (Å²) in [6, 6.07) is 11.0. The number of halogens is 1. The Labute approximate surface area is 185 Å². The molecule has 1 heterocycles. The van der Waals surface area contributed by atoms with Crippen molar-refractivity contribution in [3.05, 3.63) is 47.0 Å². The minimum Gasteiger partial charge on any atom is -0.490 e. The first-order valence-electron chi connectivity index (χ1n) is 10.4. The predicted octanol–water partition coefficient (Wildman–Crippen LogP) is 4.77. The molecule has 0 spiro atoms. The summed E-state index contributed by atoms with van der Waals surface area (Å²) in [6.45, 7) is 4.82. The topological polar surface area (TPSA) is 91.2 Å². The number of hydrogen-bond acceptors (Lipinski definition) is 6. The normalized spacial score (nSPS) is 13.1. The van der Waals surface area contributed by atoms with Crippen molar-refractivity contribution in [3.8, 4) is 22.9 Å². The number of tetrazole rings is 1. The number of carbonyl (C=O) groups excluding carboxylic acids is 1.